The van der Waals surface area contributed by atoms with Crippen molar-refractivity contribution in [3.63, 3.8) is 0 Å². The summed E-state index contributed by atoms with van der Waals surface area (Å²) in [5, 5.41) is 3.29. The van der Waals surface area contributed by atoms with Crippen LogP contribution >= 0.6 is 15.9 Å². The molecule has 0 aliphatic heterocycles. The molecule has 0 aromatic heterocycles. The zero-order valence-corrected chi connectivity index (χ0v) is 12.2. The third kappa shape index (κ3) is 3.53. The Kier molecular flexibility index (Phi) is 5.15. The molecule has 2 unspecified atom stereocenters. The third-order valence-electron chi connectivity index (χ3n) is 3.54. The van der Waals surface area contributed by atoms with Crippen molar-refractivity contribution in [1.82, 2.24) is 5.32 Å². The van der Waals surface area contributed by atoms with Crippen LogP contribution in [0.25, 0.3) is 0 Å². The first-order chi connectivity index (χ1) is 8.70. The van der Waals surface area contributed by atoms with Crippen molar-refractivity contribution in [3.05, 3.63) is 34.1 Å². The maximum Gasteiger partial charge on any atom is 0.129 e. The quantitative estimate of drug-likeness (QED) is 0.916. The number of rotatable bonds is 4. The van der Waals surface area contributed by atoms with Crippen LogP contribution in [-0.2, 0) is 11.3 Å². The van der Waals surface area contributed by atoms with Gasteiger partial charge in [-0.05, 0) is 32.0 Å². The topological polar surface area (TPSA) is 21.3 Å². The van der Waals surface area contributed by atoms with Crippen molar-refractivity contribution < 1.29 is 9.13 Å². The molecule has 2 rings (SSSR count). The lowest BCUT2D eigenvalue weighted by Gasteiger charge is -2.31. The van der Waals surface area contributed by atoms with Gasteiger partial charge >= 0.3 is 0 Å². The lowest BCUT2D eigenvalue weighted by molar-refractivity contribution is -0.00470. The van der Waals surface area contributed by atoms with E-state index in [1.54, 1.807) is 6.07 Å². The van der Waals surface area contributed by atoms with Gasteiger partial charge in [-0.3, -0.25) is 0 Å². The highest BCUT2D eigenvalue weighted by atomic mass is 79.9. The van der Waals surface area contributed by atoms with E-state index in [1.165, 1.54) is 18.9 Å². The summed E-state index contributed by atoms with van der Waals surface area (Å²) in [6, 6.07) is 5.50. The zero-order chi connectivity index (χ0) is 13.0. The molecule has 4 heteroatoms. The van der Waals surface area contributed by atoms with Gasteiger partial charge < -0.3 is 10.1 Å². The number of hydrogen-bond donors (Lipinski definition) is 1. The van der Waals surface area contributed by atoms with Gasteiger partial charge in [-0.1, -0.05) is 34.8 Å². The average Bonchev–Trinajstić information content (AvgIpc) is 2.38. The second-order valence-electron chi connectivity index (χ2n) is 4.76. The minimum Gasteiger partial charge on any atom is -0.372 e. The molecule has 2 atom stereocenters. The minimum atomic E-state index is -0.207. The number of likely N-dealkylation sites (N-methyl/N-ethyl adjacent to an activating group) is 1. The van der Waals surface area contributed by atoms with Crippen molar-refractivity contribution >= 4 is 15.9 Å². The van der Waals surface area contributed by atoms with Gasteiger partial charge in [0.05, 0.1) is 12.7 Å². The van der Waals surface area contributed by atoms with Crippen LogP contribution in [0.2, 0.25) is 0 Å². The molecule has 0 radical (unpaired) electrons. The summed E-state index contributed by atoms with van der Waals surface area (Å²) >= 11 is 3.25. The number of hydrogen-bond acceptors (Lipinski definition) is 2. The van der Waals surface area contributed by atoms with Crippen molar-refractivity contribution in [2.24, 2.45) is 0 Å². The molecule has 0 amide bonds. The Morgan fingerprint density at radius 2 is 2.17 bits per heavy atom. The molecule has 1 aromatic rings. The molecule has 1 aliphatic carbocycles. The summed E-state index contributed by atoms with van der Waals surface area (Å²) in [4.78, 5) is 0. The standard InChI is InChI=1S/C14H19BrFNO/c1-17-13-4-2-3-5-14(13)18-9-10-6-7-11(15)8-12(10)16/h6-8,13-14,17H,2-5,9H2,1H3. The van der Waals surface area contributed by atoms with E-state index < -0.39 is 0 Å². The monoisotopic (exact) mass is 315 g/mol. The van der Waals surface area contributed by atoms with E-state index >= 15 is 0 Å². The fraction of sp³-hybridized carbons (Fsp3) is 0.571. The summed E-state index contributed by atoms with van der Waals surface area (Å²) in [5.74, 6) is -0.207. The van der Waals surface area contributed by atoms with Gasteiger partial charge in [0.2, 0.25) is 0 Å². The fourth-order valence-electron chi connectivity index (χ4n) is 2.46. The first kappa shape index (κ1) is 14.0. The van der Waals surface area contributed by atoms with Crippen LogP contribution in [0, 0.1) is 5.82 Å². The van der Waals surface area contributed by atoms with Gasteiger partial charge in [0, 0.05) is 16.1 Å². The highest BCUT2D eigenvalue weighted by Gasteiger charge is 2.24. The number of benzene rings is 1. The maximum atomic E-state index is 13.7. The summed E-state index contributed by atoms with van der Waals surface area (Å²) in [6.07, 6.45) is 4.85. The van der Waals surface area contributed by atoms with Gasteiger partial charge in [-0.2, -0.15) is 0 Å². The van der Waals surface area contributed by atoms with Crippen LogP contribution in [-0.4, -0.2) is 19.2 Å². The first-order valence-corrected chi connectivity index (χ1v) is 7.23. The lowest BCUT2D eigenvalue weighted by Crippen LogP contribution is -2.41. The molecular weight excluding hydrogens is 297 g/mol. The zero-order valence-electron chi connectivity index (χ0n) is 10.6. The summed E-state index contributed by atoms with van der Waals surface area (Å²) < 4.78 is 20.3. The predicted octanol–water partition coefficient (Wildman–Crippen LogP) is 3.64. The molecule has 2 nitrogen and oxygen atoms in total. The molecule has 1 N–H and O–H groups in total. The number of nitrogens with one attached hydrogen (secondary N) is 1. The summed E-state index contributed by atoms with van der Waals surface area (Å²) in [7, 11) is 1.96. The van der Waals surface area contributed by atoms with Crippen LogP contribution in [0.15, 0.2) is 22.7 Å². The molecule has 0 spiro atoms. The molecule has 100 valence electrons. The van der Waals surface area contributed by atoms with Crippen LogP contribution in [0.3, 0.4) is 0 Å². The van der Waals surface area contributed by atoms with Gasteiger partial charge in [-0.15, -0.1) is 0 Å². The molecule has 0 saturated heterocycles. The van der Waals surface area contributed by atoms with E-state index in [9.17, 15) is 4.39 Å². The van der Waals surface area contributed by atoms with E-state index in [0.29, 0.717) is 18.2 Å². The van der Waals surface area contributed by atoms with Crippen molar-refractivity contribution in [2.45, 2.75) is 44.4 Å². The van der Waals surface area contributed by atoms with Crippen LogP contribution in [0.5, 0.6) is 0 Å². The van der Waals surface area contributed by atoms with Gasteiger partial charge in [0.1, 0.15) is 5.82 Å². The lowest BCUT2D eigenvalue weighted by atomic mass is 9.92. The Hall–Kier alpha value is -0.450. The van der Waals surface area contributed by atoms with E-state index in [1.807, 2.05) is 13.1 Å². The average molecular weight is 316 g/mol. The predicted molar refractivity (Wildman–Crippen MR) is 74.0 cm³/mol. The SMILES string of the molecule is CNC1CCCCC1OCc1ccc(Br)cc1F. The van der Waals surface area contributed by atoms with E-state index in [0.717, 1.165) is 17.3 Å². The smallest absolute Gasteiger partial charge is 0.129 e. The number of ether oxygens (including phenoxy) is 1. The van der Waals surface area contributed by atoms with Crippen LogP contribution in [0.1, 0.15) is 31.2 Å². The molecule has 0 bridgehead atoms. The fourth-order valence-corrected chi connectivity index (χ4v) is 2.80. The Bertz CT molecular complexity index is 399. The van der Waals surface area contributed by atoms with Gasteiger partial charge in [0.15, 0.2) is 0 Å². The molecule has 0 heterocycles. The highest BCUT2D eigenvalue weighted by molar-refractivity contribution is 9.10. The van der Waals surface area contributed by atoms with E-state index in [4.69, 9.17) is 4.74 Å². The second kappa shape index (κ2) is 6.64. The van der Waals surface area contributed by atoms with Crippen molar-refractivity contribution in [2.75, 3.05) is 7.05 Å². The second-order valence-corrected chi connectivity index (χ2v) is 5.68. The van der Waals surface area contributed by atoms with E-state index in [-0.39, 0.29) is 11.9 Å². The Balaban J connectivity index is 1.93. The van der Waals surface area contributed by atoms with Crippen LogP contribution < -0.4 is 5.32 Å². The molecule has 1 aliphatic rings. The summed E-state index contributed by atoms with van der Waals surface area (Å²) in [6.45, 7) is 0.349. The van der Waals surface area contributed by atoms with Crippen molar-refractivity contribution in [3.8, 4) is 0 Å². The molecule has 1 aromatic carbocycles. The highest BCUT2D eigenvalue weighted by Crippen LogP contribution is 2.23. The maximum absolute atomic E-state index is 13.7. The van der Waals surface area contributed by atoms with Crippen molar-refractivity contribution in [1.29, 1.82) is 0 Å². The van der Waals surface area contributed by atoms with Crippen LogP contribution in [0.4, 0.5) is 4.39 Å². The molecule has 1 saturated carbocycles. The van der Waals surface area contributed by atoms with Gasteiger partial charge in [-0.25, -0.2) is 4.39 Å². The molecule has 1 fully saturated rings. The van der Waals surface area contributed by atoms with Gasteiger partial charge in [0.25, 0.3) is 0 Å². The minimum absolute atomic E-state index is 0.201. The number of halogens is 2. The Labute approximate surface area is 116 Å². The first-order valence-electron chi connectivity index (χ1n) is 6.43. The summed E-state index contributed by atoms with van der Waals surface area (Å²) in [5.41, 5.74) is 0.624. The Morgan fingerprint density at radius 1 is 1.39 bits per heavy atom. The normalized spacial score (nSPS) is 24.2. The Morgan fingerprint density at radius 3 is 2.89 bits per heavy atom. The third-order valence-corrected chi connectivity index (χ3v) is 4.03. The molecule has 18 heavy (non-hydrogen) atoms. The van der Waals surface area contributed by atoms with E-state index in [2.05, 4.69) is 21.2 Å². The molecular formula is C14H19BrFNO. The largest absolute Gasteiger partial charge is 0.372 e.